The monoisotopic (exact) mass is 299 g/mol. The Kier molecular flexibility index (Phi) is 4.34. The number of hydrogen-bond acceptors (Lipinski definition) is 3. The predicted octanol–water partition coefficient (Wildman–Crippen LogP) is 3.07. The molecule has 0 spiro atoms. The molecule has 2 aromatic rings. The van der Waals surface area contributed by atoms with Gasteiger partial charge >= 0.3 is 0 Å². The van der Waals surface area contributed by atoms with Gasteiger partial charge in [0.15, 0.2) is 0 Å². The Bertz CT molecular complexity index is 596. The summed E-state index contributed by atoms with van der Waals surface area (Å²) in [5.74, 6) is 0.609. The Labute approximate surface area is 122 Å². The average molecular weight is 300 g/mol. The SMILES string of the molecule is Cc1nn(C)c(Cl)c1COc1ccc(CN)cc1Cl. The number of nitrogens with zero attached hydrogens (tertiary/aromatic N) is 2. The van der Waals surface area contributed by atoms with Crippen molar-refractivity contribution in [3.05, 3.63) is 45.2 Å². The first-order valence-electron chi connectivity index (χ1n) is 5.82. The van der Waals surface area contributed by atoms with Gasteiger partial charge in [-0.3, -0.25) is 4.68 Å². The molecule has 0 atom stereocenters. The zero-order chi connectivity index (χ0) is 14.0. The molecule has 2 N–H and O–H groups in total. The third-order valence-corrected chi connectivity index (χ3v) is 3.64. The van der Waals surface area contributed by atoms with E-state index in [1.165, 1.54) is 0 Å². The molecule has 102 valence electrons. The van der Waals surface area contributed by atoms with Crippen molar-refractivity contribution in [3.63, 3.8) is 0 Å². The Hall–Kier alpha value is -1.23. The molecule has 0 aliphatic heterocycles. The molecule has 0 saturated heterocycles. The summed E-state index contributed by atoms with van der Waals surface area (Å²) >= 11 is 12.3. The lowest BCUT2D eigenvalue weighted by atomic mass is 10.2. The number of benzene rings is 1. The maximum absolute atomic E-state index is 6.14. The second-order valence-electron chi connectivity index (χ2n) is 4.24. The van der Waals surface area contributed by atoms with Gasteiger partial charge in [-0.1, -0.05) is 29.3 Å². The molecule has 1 heterocycles. The summed E-state index contributed by atoms with van der Waals surface area (Å²) in [4.78, 5) is 0. The third kappa shape index (κ3) is 3.03. The second kappa shape index (κ2) is 5.82. The Balaban J connectivity index is 2.14. The minimum absolute atomic E-state index is 0.334. The van der Waals surface area contributed by atoms with E-state index in [0.717, 1.165) is 16.8 Å². The Morgan fingerprint density at radius 2 is 2.11 bits per heavy atom. The highest BCUT2D eigenvalue weighted by Crippen LogP contribution is 2.27. The van der Waals surface area contributed by atoms with E-state index in [-0.39, 0.29) is 0 Å². The van der Waals surface area contributed by atoms with Gasteiger partial charge in [0, 0.05) is 19.2 Å². The van der Waals surface area contributed by atoms with Crippen molar-refractivity contribution in [1.82, 2.24) is 9.78 Å². The van der Waals surface area contributed by atoms with Crippen LogP contribution >= 0.6 is 23.2 Å². The number of rotatable bonds is 4. The number of aromatic nitrogens is 2. The van der Waals surface area contributed by atoms with Gasteiger partial charge in [0.05, 0.1) is 10.7 Å². The first-order valence-corrected chi connectivity index (χ1v) is 6.57. The fraction of sp³-hybridized carbons (Fsp3) is 0.308. The zero-order valence-corrected chi connectivity index (χ0v) is 12.3. The van der Waals surface area contributed by atoms with Gasteiger partial charge in [0.25, 0.3) is 0 Å². The van der Waals surface area contributed by atoms with Crippen LogP contribution in [-0.2, 0) is 20.2 Å². The molecular formula is C13H15Cl2N3O. The highest BCUT2D eigenvalue weighted by molar-refractivity contribution is 6.32. The summed E-state index contributed by atoms with van der Waals surface area (Å²) in [5, 5.41) is 5.35. The van der Waals surface area contributed by atoms with Crippen molar-refractivity contribution in [2.45, 2.75) is 20.1 Å². The van der Waals surface area contributed by atoms with Crippen molar-refractivity contribution < 1.29 is 4.74 Å². The van der Waals surface area contributed by atoms with Gasteiger partial charge in [0.1, 0.15) is 17.5 Å². The van der Waals surface area contributed by atoms with Crippen LogP contribution in [0, 0.1) is 6.92 Å². The molecule has 0 amide bonds. The molecule has 0 fully saturated rings. The molecule has 0 radical (unpaired) electrons. The molecule has 1 aromatic carbocycles. The van der Waals surface area contributed by atoms with Crippen LogP contribution in [0.1, 0.15) is 16.8 Å². The van der Waals surface area contributed by atoms with Crippen LogP contribution in [0.2, 0.25) is 10.2 Å². The maximum atomic E-state index is 6.14. The molecule has 1 aromatic heterocycles. The van der Waals surface area contributed by atoms with E-state index in [1.54, 1.807) is 17.8 Å². The molecule has 4 nitrogen and oxygen atoms in total. The smallest absolute Gasteiger partial charge is 0.138 e. The van der Waals surface area contributed by atoms with Crippen LogP contribution in [0.15, 0.2) is 18.2 Å². The molecule has 0 bridgehead atoms. The average Bonchev–Trinajstić information content (AvgIpc) is 2.62. The summed E-state index contributed by atoms with van der Waals surface area (Å²) in [6.45, 7) is 2.68. The summed E-state index contributed by atoms with van der Waals surface area (Å²) in [7, 11) is 1.79. The normalized spacial score (nSPS) is 10.8. The number of nitrogens with two attached hydrogens (primary N) is 1. The van der Waals surface area contributed by atoms with E-state index < -0.39 is 0 Å². The fourth-order valence-electron chi connectivity index (χ4n) is 1.78. The van der Waals surface area contributed by atoms with Crippen LogP contribution in [0.25, 0.3) is 0 Å². The van der Waals surface area contributed by atoms with Gasteiger partial charge in [-0.15, -0.1) is 0 Å². The molecule has 19 heavy (non-hydrogen) atoms. The number of halogens is 2. The van der Waals surface area contributed by atoms with Crippen molar-refractivity contribution in [2.75, 3.05) is 0 Å². The lowest BCUT2D eigenvalue weighted by Crippen LogP contribution is -2.00. The van der Waals surface area contributed by atoms with Crippen LogP contribution in [0.5, 0.6) is 5.75 Å². The Morgan fingerprint density at radius 1 is 1.37 bits per heavy atom. The van der Waals surface area contributed by atoms with E-state index >= 15 is 0 Å². The van der Waals surface area contributed by atoms with Gasteiger partial charge in [0.2, 0.25) is 0 Å². The standard InChI is InChI=1S/C13H15Cl2N3O/c1-8-10(13(15)18(2)17-8)7-19-12-4-3-9(6-16)5-11(12)14/h3-5H,6-7,16H2,1-2H3. The number of hydrogen-bond donors (Lipinski definition) is 1. The van der Waals surface area contributed by atoms with Crippen molar-refractivity contribution in [3.8, 4) is 5.75 Å². The fourth-order valence-corrected chi connectivity index (χ4v) is 2.26. The highest BCUT2D eigenvalue weighted by Gasteiger charge is 2.12. The lowest BCUT2D eigenvalue weighted by Gasteiger charge is -2.09. The van der Waals surface area contributed by atoms with Crippen molar-refractivity contribution >= 4 is 23.2 Å². The summed E-state index contributed by atoms with van der Waals surface area (Å²) in [6.07, 6.45) is 0. The van der Waals surface area contributed by atoms with E-state index in [2.05, 4.69) is 5.10 Å². The molecule has 0 unspecified atom stereocenters. The number of aryl methyl sites for hydroxylation is 2. The molecule has 6 heteroatoms. The maximum Gasteiger partial charge on any atom is 0.138 e. The first-order chi connectivity index (χ1) is 9.02. The summed E-state index contributed by atoms with van der Waals surface area (Å²) in [5.41, 5.74) is 8.23. The summed E-state index contributed by atoms with van der Waals surface area (Å²) in [6, 6.07) is 5.50. The minimum Gasteiger partial charge on any atom is -0.487 e. The van der Waals surface area contributed by atoms with Gasteiger partial charge in [-0.05, 0) is 24.6 Å². The molecule has 0 saturated carbocycles. The first kappa shape index (κ1) is 14.2. The minimum atomic E-state index is 0.334. The second-order valence-corrected chi connectivity index (χ2v) is 5.00. The number of ether oxygens (including phenoxy) is 1. The van der Waals surface area contributed by atoms with Gasteiger partial charge in [-0.2, -0.15) is 5.10 Å². The topological polar surface area (TPSA) is 53.1 Å². The molecule has 2 rings (SSSR count). The van der Waals surface area contributed by atoms with Gasteiger partial charge in [-0.25, -0.2) is 0 Å². The van der Waals surface area contributed by atoms with E-state index in [0.29, 0.717) is 29.1 Å². The molecule has 0 aliphatic rings. The zero-order valence-electron chi connectivity index (χ0n) is 10.8. The predicted molar refractivity (Wildman–Crippen MR) is 76.6 cm³/mol. The lowest BCUT2D eigenvalue weighted by molar-refractivity contribution is 0.305. The van der Waals surface area contributed by atoms with Gasteiger partial charge < -0.3 is 10.5 Å². The van der Waals surface area contributed by atoms with E-state index in [1.807, 2.05) is 19.1 Å². The van der Waals surface area contributed by atoms with E-state index in [4.69, 9.17) is 33.7 Å². The Morgan fingerprint density at radius 3 is 2.63 bits per heavy atom. The van der Waals surface area contributed by atoms with Crippen molar-refractivity contribution in [2.24, 2.45) is 12.8 Å². The molecule has 0 aliphatic carbocycles. The third-order valence-electron chi connectivity index (χ3n) is 2.87. The quantitative estimate of drug-likeness (QED) is 0.944. The largest absolute Gasteiger partial charge is 0.487 e. The summed E-state index contributed by atoms with van der Waals surface area (Å²) < 4.78 is 7.31. The van der Waals surface area contributed by atoms with Crippen LogP contribution < -0.4 is 10.5 Å². The van der Waals surface area contributed by atoms with Crippen LogP contribution in [0.4, 0.5) is 0 Å². The van der Waals surface area contributed by atoms with Crippen molar-refractivity contribution in [1.29, 1.82) is 0 Å². The molecular weight excluding hydrogens is 285 g/mol. The van der Waals surface area contributed by atoms with Crippen LogP contribution in [0.3, 0.4) is 0 Å². The van der Waals surface area contributed by atoms with E-state index in [9.17, 15) is 0 Å². The highest BCUT2D eigenvalue weighted by atomic mass is 35.5. The van der Waals surface area contributed by atoms with Crippen LogP contribution in [-0.4, -0.2) is 9.78 Å².